The fraction of sp³-hybridized carbons (Fsp3) is 0. The predicted octanol–water partition coefficient (Wildman–Crippen LogP) is 0.839. The molecule has 0 aromatic heterocycles. The molecular formula is C6H7IN2O. The standard InChI is InChI=1S/C6H7IN2O/c8-6(10)9-5-3-1-2-4-7-5/h1-4H,(H3,8,9,10). The van der Waals surface area contributed by atoms with Crippen LogP contribution in [0.5, 0.6) is 0 Å². The molecule has 1 aliphatic heterocycles. The Labute approximate surface area is 68.7 Å². The van der Waals surface area contributed by atoms with Gasteiger partial charge in [-0.15, -0.1) is 0 Å². The molecule has 0 fully saturated rings. The first-order valence-corrected chi connectivity index (χ1v) is 5.01. The lowest BCUT2D eigenvalue weighted by Gasteiger charge is -2.00. The molecule has 0 saturated heterocycles. The monoisotopic (exact) mass is 250 g/mol. The van der Waals surface area contributed by atoms with E-state index in [0.29, 0.717) is 0 Å². The van der Waals surface area contributed by atoms with Crippen molar-refractivity contribution in [3.8, 4) is 0 Å². The number of rotatable bonds is 1. The lowest BCUT2D eigenvalue weighted by Crippen LogP contribution is -2.32. The van der Waals surface area contributed by atoms with Crippen molar-refractivity contribution in [3.63, 3.8) is 0 Å². The van der Waals surface area contributed by atoms with Gasteiger partial charge in [0.2, 0.25) is 0 Å². The molecule has 3 N–H and O–H groups in total. The number of hydrogen-bond donors (Lipinski definition) is 2. The summed E-state index contributed by atoms with van der Waals surface area (Å²) in [4.78, 5) is 10.3. The van der Waals surface area contributed by atoms with Crippen LogP contribution in [0, 0.1) is 0 Å². The van der Waals surface area contributed by atoms with Gasteiger partial charge in [-0.05, 0) is 10.2 Å². The summed E-state index contributed by atoms with van der Waals surface area (Å²) in [6.45, 7) is 0. The SMILES string of the molecule is NC(=O)NC1=IC=CC=C1. The van der Waals surface area contributed by atoms with Gasteiger partial charge in [-0.3, -0.25) is 0 Å². The van der Waals surface area contributed by atoms with Crippen molar-refractivity contribution in [2.75, 3.05) is 0 Å². The molecule has 0 spiro atoms. The van der Waals surface area contributed by atoms with Crippen LogP contribution in [-0.4, -0.2) is 9.66 Å². The molecule has 4 heteroatoms. The van der Waals surface area contributed by atoms with Gasteiger partial charge in [0.05, 0.1) is 3.63 Å². The predicted molar refractivity (Wildman–Crippen MR) is 50.0 cm³/mol. The minimum absolute atomic E-state index is 0.147. The van der Waals surface area contributed by atoms with Gasteiger partial charge in [0.25, 0.3) is 0 Å². The van der Waals surface area contributed by atoms with Crippen LogP contribution in [-0.2, 0) is 0 Å². The molecule has 0 saturated carbocycles. The molecule has 0 aliphatic carbocycles. The van der Waals surface area contributed by atoms with Gasteiger partial charge in [-0.1, -0.05) is 32.9 Å². The van der Waals surface area contributed by atoms with E-state index >= 15 is 0 Å². The number of carbonyl (C=O) groups excluding carboxylic acids is 1. The Balaban J connectivity index is 2.58. The summed E-state index contributed by atoms with van der Waals surface area (Å²) >= 11 is -0.147. The number of amides is 2. The molecule has 1 aliphatic rings. The molecule has 0 aromatic carbocycles. The summed E-state index contributed by atoms with van der Waals surface area (Å²) in [6.07, 6.45) is 5.73. The third-order valence-corrected chi connectivity index (χ3v) is 2.92. The molecule has 0 atom stereocenters. The second kappa shape index (κ2) is 3.50. The van der Waals surface area contributed by atoms with Crippen LogP contribution in [0.1, 0.15) is 0 Å². The number of halogens is 1. The maximum Gasteiger partial charge on any atom is 0.316 e. The number of hydrogen-bond acceptors (Lipinski definition) is 1. The zero-order valence-corrected chi connectivity index (χ0v) is 7.33. The average molecular weight is 250 g/mol. The smallest absolute Gasteiger partial charge is 0.316 e. The summed E-state index contributed by atoms with van der Waals surface area (Å²) in [5.41, 5.74) is 4.91. The molecule has 1 rings (SSSR count). The van der Waals surface area contributed by atoms with Crippen molar-refractivity contribution in [1.82, 2.24) is 5.32 Å². The summed E-state index contributed by atoms with van der Waals surface area (Å²) in [5, 5.41) is 2.55. The lowest BCUT2D eigenvalue weighted by atomic mass is 10.5. The van der Waals surface area contributed by atoms with Crippen LogP contribution >= 0.6 is 20.7 Å². The molecular weight excluding hydrogens is 243 g/mol. The molecule has 0 bridgehead atoms. The van der Waals surface area contributed by atoms with Gasteiger partial charge in [0, 0.05) is 0 Å². The Morgan fingerprint density at radius 1 is 1.60 bits per heavy atom. The van der Waals surface area contributed by atoms with Crippen LogP contribution in [0.2, 0.25) is 0 Å². The first kappa shape index (κ1) is 7.46. The van der Waals surface area contributed by atoms with Gasteiger partial charge in [0.15, 0.2) is 0 Å². The lowest BCUT2D eigenvalue weighted by molar-refractivity contribution is 0.253. The first-order valence-electron chi connectivity index (χ1n) is 2.69. The number of carbonyl (C=O) groups is 1. The Kier molecular flexibility index (Phi) is 2.61. The highest BCUT2D eigenvalue weighted by atomic mass is 127. The quantitative estimate of drug-likeness (QED) is 0.665. The Morgan fingerprint density at radius 2 is 2.40 bits per heavy atom. The molecule has 0 aromatic rings. The number of nitrogens with two attached hydrogens (primary N) is 1. The number of primary amides is 1. The summed E-state index contributed by atoms with van der Waals surface area (Å²) in [5.74, 6) is 0. The van der Waals surface area contributed by atoms with E-state index in [1.807, 2.05) is 18.2 Å². The maximum atomic E-state index is 10.3. The Morgan fingerprint density at radius 3 is 2.90 bits per heavy atom. The van der Waals surface area contributed by atoms with E-state index in [4.69, 9.17) is 5.73 Å². The van der Waals surface area contributed by atoms with Crippen LogP contribution in [0.4, 0.5) is 4.79 Å². The number of urea groups is 1. The van der Waals surface area contributed by atoms with Gasteiger partial charge < -0.3 is 11.1 Å². The highest BCUT2D eigenvalue weighted by Gasteiger charge is 1.95. The minimum atomic E-state index is -0.477. The first-order chi connectivity index (χ1) is 4.79. The van der Waals surface area contributed by atoms with E-state index in [1.165, 1.54) is 0 Å². The Bertz CT molecular complexity index is 230. The summed E-state index contributed by atoms with van der Waals surface area (Å²) in [7, 11) is 0. The van der Waals surface area contributed by atoms with Crippen molar-refractivity contribution >= 4 is 30.4 Å². The molecule has 10 heavy (non-hydrogen) atoms. The largest absolute Gasteiger partial charge is 0.351 e. The molecule has 54 valence electrons. The molecule has 0 radical (unpaired) electrons. The van der Waals surface area contributed by atoms with E-state index in [0.717, 1.165) is 3.63 Å². The second-order valence-corrected chi connectivity index (χ2v) is 4.13. The Hall–Kier alpha value is -0.650. The fourth-order valence-electron chi connectivity index (χ4n) is 0.509. The van der Waals surface area contributed by atoms with Crippen LogP contribution in [0.15, 0.2) is 22.3 Å². The van der Waals surface area contributed by atoms with Crippen LogP contribution in [0.25, 0.3) is 0 Å². The van der Waals surface area contributed by atoms with E-state index in [-0.39, 0.29) is 20.7 Å². The van der Waals surface area contributed by atoms with E-state index in [1.54, 1.807) is 0 Å². The minimum Gasteiger partial charge on any atom is -0.351 e. The highest BCUT2D eigenvalue weighted by Crippen LogP contribution is 2.06. The molecule has 1 heterocycles. The zero-order chi connectivity index (χ0) is 7.40. The highest BCUT2D eigenvalue weighted by molar-refractivity contribution is 14.2. The third kappa shape index (κ3) is 2.30. The third-order valence-electron chi connectivity index (χ3n) is 0.850. The van der Waals surface area contributed by atoms with Crippen molar-refractivity contribution in [2.24, 2.45) is 5.73 Å². The normalized spacial score (nSPS) is 15.4. The fourth-order valence-corrected chi connectivity index (χ4v) is 2.18. The number of allylic oxidation sites excluding steroid dienone is 2. The van der Waals surface area contributed by atoms with Crippen molar-refractivity contribution in [1.29, 1.82) is 0 Å². The van der Waals surface area contributed by atoms with E-state index in [2.05, 4.69) is 9.40 Å². The summed E-state index contributed by atoms with van der Waals surface area (Å²) < 4.78 is 3.01. The van der Waals surface area contributed by atoms with Crippen LogP contribution < -0.4 is 11.1 Å². The topological polar surface area (TPSA) is 55.1 Å². The van der Waals surface area contributed by atoms with E-state index in [9.17, 15) is 4.79 Å². The van der Waals surface area contributed by atoms with Crippen molar-refractivity contribution in [2.45, 2.75) is 0 Å². The van der Waals surface area contributed by atoms with Gasteiger partial charge in [0.1, 0.15) is 0 Å². The molecule has 2 amide bonds. The molecule has 3 nitrogen and oxygen atoms in total. The van der Waals surface area contributed by atoms with Crippen molar-refractivity contribution < 1.29 is 4.79 Å². The van der Waals surface area contributed by atoms with Gasteiger partial charge >= 0.3 is 6.03 Å². The van der Waals surface area contributed by atoms with Crippen LogP contribution in [0.3, 0.4) is 0 Å². The zero-order valence-electron chi connectivity index (χ0n) is 5.17. The van der Waals surface area contributed by atoms with E-state index < -0.39 is 6.03 Å². The molecule has 0 unspecified atom stereocenters. The van der Waals surface area contributed by atoms with Gasteiger partial charge in [-0.2, -0.15) is 0 Å². The maximum absolute atomic E-state index is 10.3. The average Bonchev–Trinajstić information content (AvgIpc) is 1.88. The van der Waals surface area contributed by atoms with Crippen molar-refractivity contribution in [3.05, 3.63) is 22.3 Å². The van der Waals surface area contributed by atoms with Gasteiger partial charge in [-0.25, -0.2) is 4.79 Å². The summed E-state index contributed by atoms with van der Waals surface area (Å²) in [6, 6.07) is -0.477. The second-order valence-electron chi connectivity index (χ2n) is 1.62. The number of nitrogens with one attached hydrogen (secondary N) is 1.